The van der Waals surface area contributed by atoms with Crippen molar-refractivity contribution in [3.8, 4) is 0 Å². The number of benzene rings is 2. The molecule has 4 N–H and O–H groups in total. The normalized spacial score (nSPS) is 14.7. The fraction of sp³-hybridized carbons (Fsp3) is 0.409. The number of likely N-dealkylation sites (tertiary alicyclic amines) is 1. The summed E-state index contributed by atoms with van der Waals surface area (Å²) in [6.45, 7) is 1.35. The van der Waals surface area contributed by atoms with Gasteiger partial charge in [0.1, 0.15) is 0 Å². The minimum atomic E-state index is -0.518. The van der Waals surface area contributed by atoms with Crippen molar-refractivity contribution in [2.24, 2.45) is 11.7 Å². The summed E-state index contributed by atoms with van der Waals surface area (Å²) in [5.41, 5.74) is 8.36. The molecule has 2 aromatic carbocycles. The number of nitrogens with two attached hydrogens (primary N) is 1. The van der Waals surface area contributed by atoms with Crippen LogP contribution in [0.3, 0.4) is 0 Å². The first-order valence-corrected chi connectivity index (χ1v) is 10.0. The number of primary amides is 1. The molecule has 1 saturated heterocycles. The lowest BCUT2D eigenvalue weighted by molar-refractivity contribution is -0.131. The zero-order chi connectivity index (χ0) is 20.8. The Morgan fingerprint density at radius 1 is 1.10 bits per heavy atom. The number of hydrogen-bond acceptors (Lipinski definition) is 4. The average molecular weight is 397 g/mol. The minimum absolute atomic E-state index is 0.000824. The lowest BCUT2D eigenvalue weighted by Gasteiger charge is -2.32. The number of rotatable bonds is 7. The number of carbonyl (C=O) groups is 3. The lowest BCUT2D eigenvalue weighted by atomic mass is 9.91. The summed E-state index contributed by atoms with van der Waals surface area (Å²) in [4.78, 5) is 37.8. The Morgan fingerprint density at radius 3 is 2.52 bits per heavy atom. The SMILES string of the molecule is NC(=O)c1c(CC(=O)N2CCC(CCCC(=O)NO)CC2)ccc2ccccc12. The molecule has 3 rings (SSSR count). The highest BCUT2D eigenvalue weighted by Gasteiger charge is 2.24. The van der Waals surface area contributed by atoms with Crippen LogP contribution in [-0.4, -0.2) is 40.9 Å². The van der Waals surface area contributed by atoms with Gasteiger partial charge in [0.2, 0.25) is 17.7 Å². The van der Waals surface area contributed by atoms with Gasteiger partial charge in [-0.1, -0.05) is 36.4 Å². The minimum Gasteiger partial charge on any atom is -0.366 e. The second kappa shape index (κ2) is 9.52. The topological polar surface area (TPSA) is 113 Å². The van der Waals surface area contributed by atoms with Crippen molar-refractivity contribution in [3.63, 3.8) is 0 Å². The Hall–Kier alpha value is -2.93. The summed E-state index contributed by atoms with van der Waals surface area (Å²) < 4.78 is 0. The van der Waals surface area contributed by atoms with Crippen molar-refractivity contribution in [2.75, 3.05) is 13.1 Å². The van der Waals surface area contributed by atoms with Crippen molar-refractivity contribution in [3.05, 3.63) is 47.5 Å². The second-order valence-corrected chi connectivity index (χ2v) is 7.61. The average Bonchev–Trinajstić information content (AvgIpc) is 2.73. The highest BCUT2D eigenvalue weighted by atomic mass is 16.5. The number of hydroxylamine groups is 1. The maximum absolute atomic E-state index is 12.8. The van der Waals surface area contributed by atoms with Crippen molar-refractivity contribution >= 4 is 28.5 Å². The van der Waals surface area contributed by atoms with Crippen molar-refractivity contribution < 1.29 is 19.6 Å². The Labute approximate surface area is 169 Å². The molecule has 1 aliphatic heterocycles. The predicted octanol–water partition coefficient (Wildman–Crippen LogP) is 2.40. The summed E-state index contributed by atoms with van der Waals surface area (Å²) in [6, 6.07) is 11.3. The molecule has 1 fully saturated rings. The zero-order valence-corrected chi connectivity index (χ0v) is 16.4. The van der Waals surface area contributed by atoms with E-state index in [0.29, 0.717) is 36.6 Å². The fourth-order valence-electron chi connectivity index (χ4n) is 4.11. The van der Waals surface area contributed by atoms with E-state index in [9.17, 15) is 14.4 Å². The van der Waals surface area contributed by atoms with Gasteiger partial charge in [-0.25, -0.2) is 5.48 Å². The molecular weight excluding hydrogens is 370 g/mol. The van der Waals surface area contributed by atoms with Crippen molar-refractivity contribution in [1.29, 1.82) is 0 Å². The molecule has 0 radical (unpaired) electrons. The fourth-order valence-corrected chi connectivity index (χ4v) is 4.11. The molecule has 7 nitrogen and oxygen atoms in total. The summed E-state index contributed by atoms with van der Waals surface area (Å²) in [6.07, 6.45) is 3.90. The third-order valence-electron chi connectivity index (χ3n) is 5.71. The smallest absolute Gasteiger partial charge is 0.249 e. The van der Waals surface area contributed by atoms with Crippen LogP contribution in [0.4, 0.5) is 0 Å². The summed E-state index contributed by atoms with van der Waals surface area (Å²) in [7, 11) is 0. The molecule has 0 aromatic heterocycles. The first kappa shape index (κ1) is 20.8. The highest BCUT2D eigenvalue weighted by Crippen LogP contribution is 2.25. The van der Waals surface area contributed by atoms with Crippen LogP contribution in [0.25, 0.3) is 10.8 Å². The van der Waals surface area contributed by atoms with Gasteiger partial charge in [0.15, 0.2) is 0 Å². The zero-order valence-electron chi connectivity index (χ0n) is 16.4. The van der Waals surface area contributed by atoms with Crippen LogP contribution in [-0.2, 0) is 16.0 Å². The maximum Gasteiger partial charge on any atom is 0.249 e. The molecule has 0 atom stereocenters. The van der Waals surface area contributed by atoms with Gasteiger partial charge in [-0.2, -0.15) is 0 Å². The molecule has 29 heavy (non-hydrogen) atoms. The van der Waals surface area contributed by atoms with Gasteiger partial charge in [-0.05, 0) is 47.9 Å². The largest absolute Gasteiger partial charge is 0.366 e. The number of piperidine rings is 1. The maximum atomic E-state index is 12.8. The van der Waals surface area contributed by atoms with Crippen LogP contribution in [0.5, 0.6) is 0 Å². The standard InChI is InChI=1S/C22H27N3O4/c23-22(28)21-17(9-8-16-5-1-2-6-18(16)21)14-20(27)25-12-10-15(11-13-25)4-3-7-19(26)24-29/h1-2,5-6,8-9,15,29H,3-4,7,10-14H2,(H2,23,28)(H,24,26). The van der Waals surface area contributed by atoms with E-state index in [2.05, 4.69) is 0 Å². The van der Waals surface area contributed by atoms with Gasteiger partial charge >= 0.3 is 0 Å². The van der Waals surface area contributed by atoms with E-state index < -0.39 is 5.91 Å². The third-order valence-corrected chi connectivity index (χ3v) is 5.71. The molecule has 0 spiro atoms. The Bertz CT molecular complexity index is 904. The molecule has 0 saturated carbocycles. The third kappa shape index (κ3) is 5.12. The van der Waals surface area contributed by atoms with Crippen LogP contribution < -0.4 is 11.2 Å². The van der Waals surface area contributed by atoms with Gasteiger partial charge in [0, 0.05) is 19.5 Å². The summed E-state index contributed by atoms with van der Waals surface area (Å²) in [5, 5.41) is 10.2. The lowest BCUT2D eigenvalue weighted by Crippen LogP contribution is -2.39. The van der Waals surface area contributed by atoms with Gasteiger partial charge < -0.3 is 10.6 Å². The van der Waals surface area contributed by atoms with E-state index in [4.69, 9.17) is 10.9 Å². The van der Waals surface area contributed by atoms with E-state index in [0.717, 1.165) is 36.5 Å². The first-order valence-electron chi connectivity index (χ1n) is 10.0. The van der Waals surface area contributed by atoms with E-state index in [-0.39, 0.29) is 18.2 Å². The van der Waals surface area contributed by atoms with Gasteiger partial charge in [0.25, 0.3) is 0 Å². The molecule has 0 bridgehead atoms. The Balaban J connectivity index is 1.60. The van der Waals surface area contributed by atoms with Crippen LogP contribution in [0.15, 0.2) is 36.4 Å². The molecule has 2 aromatic rings. The van der Waals surface area contributed by atoms with Crippen LogP contribution >= 0.6 is 0 Å². The van der Waals surface area contributed by atoms with Gasteiger partial charge in [-0.3, -0.25) is 19.6 Å². The quantitative estimate of drug-likeness (QED) is 0.492. The van der Waals surface area contributed by atoms with E-state index in [1.165, 1.54) is 0 Å². The molecule has 1 aliphatic rings. The van der Waals surface area contributed by atoms with Crippen molar-refractivity contribution in [1.82, 2.24) is 10.4 Å². The summed E-state index contributed by atoms with van der Waals surface area (Å²) in [5.74, 6) is -0.401. The van der Waals surface area contributed by atoms with E-state index >= 15 is 0 Å². The number of amides is 3. The first-order chi connectivity index (χ1) is 14.0. The Kier molecular flexibility index (Phi) is 6.82. The molecule has 1 heterocycles. The van der Waals surface area contributed by atoms with E-state index in [1.54, 1.807) is 5.48 Å². The number of hydrogen-bond donors (Lipinski definition) is 3. The van der Waals surface area contributed by atoms with Crippen LogP contribution in [0, 0.1) is 5.92 Å². The second-order valence-electron chi connectivity index (χ2n) is 7.61. The molecule has 7 heteroatoms. The molecule has 0 aliphatic carbocycles. The monoisotopic (exact) mass is 397 g/mol. The van der Waals surface area contributed by atoms with Crippen LogP contribution in [0.2, 0.25) is 0 Å². The van der Waals surface area contributed by atoms with Gasteiger partial charge in [-0.15, -0.1) is 0 Å². The van der Waals surface area contributed by atoms with Crippen molar-refractivity contribution in [2.45, 2.75) is 38.5 Å². The number of nitrogens with one attached hydrogen (secondary N) is 1. The van der Waals surface area contributed by atoms with E-state index in [1.807, 2.05) is 41.3 Å². The Morgan fingerprint density at radius 2 is 1.83 bits per heavy atom. The number of fused-ring (bicyclic) bond motifs is 1. The number of carbonyl (C=O) groups excluding carboxylic acids is 3. The molecule has 3 amide bonds. The molecule has 154 valence electrons. The summed E-state index contributed by atoms with van der Waals surface area (Å²) >= 11 is 0. The predicted molar refractivity (Wildman–Crippen MR) is 109 cm³/mol. The van der Waals surface area contributed by atoms with Gasteiger partial charge in [0.05, 0.1) is 12.0 Å². The molecule has 0 unspecified atom stereocenters. The molecular formula is C22H27N3O4. The number of nitrogens with zero attached hydrogens (tertiary/aromatic N) is 1. The highest BCUT2D eigenvalue weighted by molar-refractivity contribution is 6.08. The van der Waals surface area contributed by atoms with Crippen LogP contribution in [0.1, 0.15) is 48.0 Å².